The Bertz CT molecular complexity index is 854. The standard InChI is InChI=1S/C15H16N2O3.C4H10N2.2C2H6/c1-3-11-12(14(4-2)17(19)20)9-13(16-15(11)18)10-7-5-6-8-10;1-2-6-4-3-5-1;2*1-2/h3-4,7,9H,2,5-6,8H2,1H3,(H,16,18);5-6H,1-4H2;2*1-2H3/b11-3+,14-12+;;;. The van der Waals surface area contributed by atoms with Crippen LogP contribution in [-0.2, 0) is 0 Å². The van der Waals surface area contributed by atoms with Crippen LogP contribution in [0.2, 0.25) is 0 Å². The topological polar surface area (TPSA) is 100 Å². The van der Waals surface area contributed by atoms with E-state index in [2.05, 4.69) is 28.3 Å². The quantitative estimate of drug-likeness (QED) is 0.517. The molecule has 2 aliphatic rings. The number of H-pyrrole nitrogens is 1. The molecule has 1 aromatic rings. The van der Waals surface area contributed by atoms with E-state index in [1.165, 1.54) is 6.08 Å². The van der Waals surface area contributed by atoms with Crippen LogP contribution in [0.15, 0.2) is 29.6 Å². The first-order valence-corrected chi connectivity index (χ1v) is 10.9. The third-order valence-electron chi connectivity index (χ3n) is 4.37. The van der Waals surface area contributed by atoms with Crippen molar-refractivity contribution in [2.75, 3.05) is 26.2 Å². The highest BCUT2D eigenvalue weighted by molar-refractivity contribution is 5.65. The molecule has 3 rings (SSSR count). The number of hydrogen-bond acceptors (Lipinski definition) is 5. The number of nitrogens with one attached hydrogen (secondary N) is 3. The van der Waals surface area contributed by atoms with Gasteiger partial charge in [-0.05, 0) is 37.8 Å². The minimum atomic E-state index is -0.512. The molecular formula is C23H38N4O3. The van der Waals surface area contributed by atoms with Crippen molar-refractivity contribution in [2.24, 2.45) is 0 Å². The molecule has 0 spiro atoms. The maximum absolute atomic E-state index is 12.1. The van der Waals surface area contributed by atoms with Crippen LogP contribution in [0.1, 0.15) is 59.6 Å². The highest BCUT2D eigenvalue weighted by atomic mass is 16.6. The molecule has 1 saturated heterocycles. The lowest BCUT2D eigenvalue weighted by Crippen LogP contribution is -2.43. The molecule has 0 unspecified atom stereocenters. The van der Waals surface area contributed by atoms with Gasteiger partial charge in [-0.15, -0.1) is 0 Å². The maximum atomic E-state index is 12.1. The zero-order valence-corrected chi connectivity index (χ0v) is 19.1. The molecule has 0 amide bonds. The Kier molecular flexibility index (Phi) is 14.9. The van der Waals surface area contributed by atoms with Crippen molar-refractivity contribution in [3.05, 3.63) is 61.4 Å². The minimum Gasteiger partial charge on any atom is -0.322 e. The van der Waals surface area contributed by atoms with Crippen LogP contribution >= 0.6 is 0 Å². The molecule has 0 bridgehead atoms. The van der Waals surface area contributed by atoms with Crippen molar-refractivity contribution < 1.29 is 4.92 Å². The van der Waals surface area contributed by atoms with Crippen molar-refractivity contribution in [1.82, 2.24) is 15.6 Å². The maximum Gasteiger partial charge on any atom is 0.276 e. The van der Waals surface area contributed by atoms with Gasteiger partial charge in [-0.1, -0.05) is 46.4 Å². The van der Waals surface area contributed by atoms with Crippen LogP contribution in [0.4, 0.5) is 0 Å². The summed E-state index contributed by atoms with van der Waals surface area (Å²) in [6.07, 6.45) is 7.71. The molecule has 0 aromatic carbocycles. The molecule has 1 aliphatic heterocycles. The molecule has 168 valence electrons. The number of nitrogens with zero attached hydrogens (tertiary/aromatic N) is 1. The van der Waals surface area contributed by atoms with Crippen LogP contribution in [0.5, 0.6) is 0 Å². The fraction of sp³-hybridized carbons (Fsp3) is 0.522. The van der Waals surface area contributed by atoms with Gasteiger partial charge in [0, 0.05) is 43.2 Å². The average Bonchev–Trinajstić information content (AvgIpc) is 3.33. The van der Waals surface area contributed by atoms with E-state index in [4.69, 9.17) is 0 Å². The lowest BCUT2D eigenvalue weighted by molar-refractivity contribution is -0.375. The number of rotatable bonds is 3. The van der Waals surface area contributed by atoms with Crippen LogP contribution < -0.4 is 26.6 Å². The van der Waals surface area contributed by atoms with Crippen LogP contribution in [-0.4, -0.2) is 36.1 Å². The first kappa shape index (κ1) is 27.5. The van der Waals surface area contributed by atoms with Gasteiger partial charge in [-0.3, -0.25) is 14.9 Å². The first-order chi connectivity index (χ1) is 14.6. The first-order valence-electron chi connectivity index (χ1n) is 10.9. The van der Waals surface area contributed by atoms with Gasteiger partial charge in [0.2, 0.25) is 0 Å². The highest BCUT2D eigenvalue weighted by Crippen LogP contribution is 2.24. The van der Waals surface area contributed by atoms with Gasteiger partial charge in [-0.25, -0.2) is 0 Å². The largest absolute Gasteiger partial charge is 0.322 e. The summed E-state index contributed by atoms with van der Waals surface area (Å²) in [7, 11) is 0. The van der Waals surface area contributed by atoms with E-state index >= 15 is 0 Å². The van der Waals surface area contributed by atoms with Crippen molar-refractivity contribution in [2.45, 2.75) is 53.9 Å². The summed E-state index contributed by atoms with van der Waals surface area (Å²) in [6, 6.07) is 1.67. The third kappa shape index (κ3) is 8.47. The summed E-state index contributed by atoms with van der Waals surface area (Å²) < 4.78 is 0. The molecule has 0 saturated carbocycles. The number of piperazine rings is 1. The lowest BCUT2D eigenvalue weighted by atomic mass is 10.1. The fourth-order valence-electron chi connectivity index (χ4n) is 3.04. The van der Waals surface area contributed by atoms with E-state index in [9.17, 15) is 14.9 Å². The van der Waals surface area contributed by atoms with E-state index in [0.717, 1.165) is 51.0 Å². The molecule has 3 N–H and O–H groups in total. The van der Waals surface area contributed by atoms with Crippen molar-refractivity contribution >= 4 is 17.3 Å². The zero-order chi connectivity index (χ0) is 22.9. The summed E-state index contributed by atoms with van der Waals surface area (Å²) in [5.41, 5.74) is 1.24. The summed E-state index contributed by atoms with van der Waals surface area (Å²) in [5.74, 6) is 0. The summed E-state index contributed by atoms with van der Waals surface area (Å²) in [4.78, 5) is 25.5. The molecule has 7 heteroatoms. The van der Waals surface area contributed by atoms with Gasteiger partial charge in [0.25, 0.3) is 11.3 Å². The van der Waals surface area contributed by atoms with Crippen molar-refractivity contribution in [3.63, 3.8) is 0 Å². The lowest BCUT2D eigenvalue weighted by Gasteiger charge is -2.11. The van der Waals surface area contributed by atoms with E-state index in [1.54, 1.807) is 19.1 Å². The number of allylic oxidation sites excluding steroid dienone is 2. The van der Waals surface area contributed by atoms with E-state index in [1.807, 2.05) is 27.7 Å². The second-order valence-electron chi connectivity index (χ2n) is 6.10. The van der Waals surface area contributed by atoms with Gasteiger partial charge in [-0.2, -0.15) is 0 Å². The van der Waals surface area contributed by atoms with Crippen molar-refractivity contribution in [1.29, 1.82) is 0 Å². The fourth-order valence-corrected chi connectivity index (χ4v) is 3.04. The zero-order valence-electron chi connectivity index (χ0n) is 19.1. The number of nitro groups is 1. The molecule has 0 radical (unpaired) electrons. The molecule has 30 heavy (non-hydrogen) atoms. The molecule has 1 aliphatic carbocycles. The summed E-state index contributed by atoms with van der Waals surface area (Å²) in [5, 5.41) is 18.2. The predicted octanol–water partition coefficient (Wildman–Crippen LogP) is 2.55. The number of aromatic amines is 1. The average molecular weight is 419 g/mol. The number of aromatic nitrogens is 1. The van der Waals surface area contributed by atoms with Gasteiger partial charge in [0.15, 0.2) is 0 Å². The van der Waals surface area contributed by atoms with Gasteiger partial charge in [0.05, 0.1) is 10.1 Å². The SMILES string of the molecule is C1CNCCN1.C=C/C(=c1/cc(C2=CCCC2)[nH]c(=O)/c1=C/C)[N+](=O)[O-].CC.CC. The molecular weight excluding hydrogens is 380 g/mol. The Labute approximate surface area is 179 Å². The third-order valence-corrected chi connectivity index (χ3v) is 4.37. The van der Waals surface area contributed by atoms with E-state index in [0.29, 0.717) is 16.1 Å². The van der Waals surface area contributed by atoms with E-state index < -0.39 is 4.92 Å². The molecule has 1 aromatic heterocycles. The number of hydrogen-bond donors (Lipinski definition) is 3. The van der Waals surface area contributed by atoms with Crippen LogP contribution in [0, 0.1) is 10.1 Å². The summed E-state index contributed by atoms with van der Waals surface area (Å²) >= 11 is 0. The van der Waals surface area contributed by atoms with Crippen LogP contribution in [0.25, 0.3) is 17.3 Å². The molecule has 2 heterocycles. The second kappa shape index (κ2) is 16.3. The Morgan fingerprint density at radius 3 is 2.07 bits per heavy atom. The normalized spacial score (nSPS) is 16.4. The molecule has 7 nitrogen and oxygen atoms in total. The molecule has 0 atom stereocenters. The van der Waals surface area contributed by atoms with E-state index in [-0.39, 0.29) is 11.3 Å². The Morgan fingerprint density at radius 2 is 1.70 bits per heavy atom. The Hall–Kier alpha value is -2.51. The van der Waals surface area contributed by atoms with Crippen molar-refractivity contribution in [3.8, 4) is 0 Å². The second-order valence-corrected chi connectivity index (χ2v) is 6.10. The predicted molar refractivity (Wildman–Crippen MR) is 127 cm³/mol. The summed E-state index contributed by atoms with van der Waals surface area (Å²) in [6.45, 7) is 17.7. The minimum absolute atomic E-state index is 0.149. The van der Waals surface area contributed by atoms with Crippen LogP contribution in [0.3, 0.4) is 0 Å². The smallest absolute Gasteiger partial charge is 0.276 e. The molecule has 1 fully saturated rings. The Morgan fingerprint density at radius 1 is 1.13 bits per heavy atom. The number of pyridine rings is 1. The van der Waals surface area contributed by atoms with Gasteiger partial charge >= 0.3 is 0 Å². The van der Waals surface area contributed by atoms with Gasteiger partial charge < -0.3 is 15.6 Å². The monoisotopic (exact) mass is 418 g/mol. The van der Waals surface area contributed by atoms with Gasteiger partial charge in [0.1, 0.15) is 0 Å². The highest BCUT2D eigenvalue weighted by Gasteiger charge is 2.13. The Balaban J connectivity index is 0.000000702.